The summed E-state index contributed by atoms with van der Waals surface area (Å²) in [6, 6.07) is 6.40. The maximum absolute atomic E-state index is 12.2. The van der Waals surface area contributed by atoms with Gasteiger partial charge in [0.1, 0.15) is 5.75 Å². The number of nitrogens with zero attached hydrogens (tertiary/aromatic N) is 4. The van der Waals surface area contributed by atoms with Gasteiger partial charge in [0, 0.05) is 37.2 Å². The predicted octanol–water partition coefficient (Wildman–Crippen LogP) is 2.66. The smallest absolute Gasteiger partial charge is 0.406 e. The number of anilines is 2. The van der Waals surface area contributed by atoms with E-state index in [1.165, 1.54) is 24.5 Å². The van der Waals surface area contributed by atoms with Gasteiger partial charge in [0.25, 0.3) is 0 Å². The SMILES string of the molecule is O=Cc1cnc(N2CC3CC2CN3c2ccc(OC(F)(F)F)cc2)nc1. The number of benzene rings is 1. The maximum Gasteiger partial charge on any atom is 0.573 e. The van der Waals surface area contributed by atoms with Crippen LogP contribution in [0.2, 0.25) is 0 Å². The van der Waals surface area contributed by atoms with Crippen molar-refractivity contribution in [1.29, 1.82) is 0 Å². The molecule has 0 N–H and O–H groups in total. The van der Waals surface area contributed by atoms with Crippen LogP contribution in [0.5, 0.6) is 5.75 Å². The van der Waals surface area contributed by atoms with Crippen LogP contribution in [0, 0.1) is 0 Å². The molecule has 6 nitrogen and oxygen atoms in total. The van der Waals surface area contributed by atoms with E-state index in [9.17, 15) is 18.0 Å². The molecular formula is C17H15F3N4O2. The summed E-state index contributed by atoms with van der Waals surface area (Å²) in [5.41, 5.74) is 1.30. The number of halogens is 3. The van der Waals surface area contributed by atoms with Crippen LogP contribution in [0.15, 0.2) is 36.7 Å². The molecule has 2 unspecified atom stereocenters. The Bertz CT molecular complexity index is 795. The van der Waals surface area contributed by atoms with Crippen LogP contribution in [-0.2, 0) is 0 Å². The Morgan fingerprint density at radius 2 is 1.65 bits per heavy atom. The molecule has 2 bridgehead atoms. The summed E-state index contributed by atoms with van der Waals surface area (Å²) in [6.07, 6.45) is -0.0571. The number of carbonyl (C=O) groups is 1. The number of rotatable bonds is 4. The number of hydrogen-bond donors (Lipinski definition) is 0. The van der Waals surface area contributed by atoms with Gasteiger partial charge in [-0.3, -0.25) is 4.79 Å². The quantitative estimate of drug-likeness (QED) is 0.778. The van der Waals surface area contributed by atoms with Gasteiger partial charge in [0.2, 0.25) is 5.95 Å². The van der Waals surface area contributed by atoms with Crippen molar-refractivity contribution in [3.8, 4) is 5.75 Å². The number of carbonyl (C=O) groups excluding carboxylic acids is 1. The predicted molar refractivity (Wildman–Crippen MR) is 87.4 cm³/mol. The first kappa shape index (κ1) is 16.6. The maximum atomic E-state index is 12.2. The number of ether oxygens (including phenoxy) is 1. The van der Waals surface area contributed by atoms with Crippen LogP contribution < -0.4 is 14.5 Å². The van der Waals surface area contributed by atoms with Crippen molar-refractivity contribution in [2.45, 2.75) is 24.9 Å². The zero-order valence-electron chi connectivity index (χ0n) is 13.6. The molecule has 0 radical (unpaired) electrons. The van der Waals surface area contributed by atoms with Crippen molar-refractivity contribution in [2.24, 2.45) is 0 Å². The second-order valence-electron chi connectivity index (χ2n) is 6.32. The minimum absolute atomic E-state index is 0.226. The monoisotopic (exact) mass is 364 g/mol. The fourth-order valence-electron chi connectivity index (χ4n) is 3.61. The standard InChI is InChI=1S/C17H15F3N4O2/c18-17(19,20)26-15-3-1-12(2-4-15)23-8-14-5-13(23)9-24(14)16-21-6-11(10-25)7-22-16/h1-4,6-7,10,13-14H,5,8-9H2. The third-order valence-electron chi connectivity index (χ3n) is 4.69. The molecule has 2 aromatic rings. The van der Waals surface area contributed by atoms with Crippen molar-refractivity contribution in [1.82, 2.24) is 9.97 Å². The van der Waals surface area contributed by atoms with Crippen LogP contribution in [0.25, 0.3) is 0 Å². The first-order chi connectivity index (χ1) is 12.4. The minimum atomic E-state index is -4.69. The first-order valence-electron chi connectivity index (χ1n) is 8.09. The van der Waals surface area contributed by atoms with Gasteiger partial charge in [-0.25, -0.2) is 9.97 Å². The molecule has 2 aliphatic rings. The summed E-state index contributed by atoms with van der Waals surface area (Å²) < 4.78 is 40.7. The average Bonchev–Trinajstić information content (AvgIpc) is 3.22. The van der Waals surface area contributed by atoms with Gasteiger partial charge in [0.05, 0.1) is 11.6 Å². The molecule has 0 amide bonds. The van der Waals surface area contributed by atoms with Crippen LogP contribution >= 0.6 is 0 Å². The van der Waals surface area contributed by atoms with E-state index in [1.54, 1.807) is 12.1 Å². The molecule has 136 valence electrons. The van der Waals surface area contributed by atoms with Gasteiger partial charge < -0.3 is 14.5 Å². The second-order valence-corrected chi connectivity index (χ2v) is 6.32. The van der Waals surface area contributed by atoms with Gasteiger partial charge in [-0.15, -0.1) is 13.2 Å². The lowest BCUT2D eigenvalue weighted by Gasteiger charge is -2.35. The Morgan fingerprint density at radius 3 is 2.19 bits per heavy atom. The first-order valence-corrected chi connectivity index (χ1v) is 8.09. The van der Waals surface area contributed by atoms with Crippen LogP contribution in [-0.4, -0.2) is 47.8 Å². The lowest BCUT2D eigenvalue weighted by Crippen LogP contribution is -2.47. The Hall–Kier alpha value is -2.84. The van der Waals surface area contributed by atoms with E-state index in [1.807, 2.05) is 0 Å². The molecule has 0 saturated carbocycles. The molecule has 0 spiro atoms. The van der Waals surface area contributed by atoms with Crippen molar-refractivity contribution >= 4 is 17.9 Å². The third kappa shape index (κ3) is 3.16. The fraction of sp³-hybridized carbons (Fsp3) is 0.353. The van der Waals surface area contributed by atoms with E-state index in [-0.39, 0.29) is 17.8 Å². The second kappa shape index (κ2) is 6.15. The van der Waals surface area contributed by atoms with Gasteiger partial charge in [0.15, 0.2) is 6.29 Å². The van der Waals surface area contributed by atoms with Crippen molar-refractivity contribution in [3.63, 3.8) is 0 Å². The normalized spacial score (nSPS) is 22.0. The summed E-state index contributed by atoms with van der Waals surface area (Å²) in [5, 5.41) is 0. The molecule has 2 aliphatic heterocycles. The largest absolute Gasteiger partial charge is 0.573 e. The molecule has 1 aromatic carbocycles. The Labute approximate surface area is 147 Å². The summed E-state index contributed by atoms with van der Waals surface area (Å²) in [7, 11) is 0. The summed E-state index contributed by atoms with van der Waals surface area (Å²) in [4.78, 5) is 23.5. The molecule has 9 heteroatoms. The fourth-order valence-corrected chi connectivity index (χ4v) is 3.61. The summed E-state index contributed by atoms with van der Waals surface area (Å²) in [6.45, 7) is 1.47. The van der Waals surface area contributed by atoms with E-state index >= 15 is 0 Å². The highest BCUT2D eigenvalue weighted by molar-refractivity contribution is 5.73. The van der Waals surface area contributed by atoms with E-state index < -0.39 is 6.36 Å². The van der Waals surface area contributed by atoms with Crippen LogP contribution in [0.4, 0.5) is 24.8 Å². The van der Waals surface area contributed by atoms with Crippen molar-refractivity contribution in [3.05, 3.63) is 42.2 Å². The van der Waals surface area contributed by atoms with Crippen LogP contribution in [0.3, 0.4) is 0 Å². The molecule has 2 saturated heterocycles. The lowest BCUT2D eigenvalue weighted by molar-refractivity contribution is -0.274. The number of hydrogen-bond acceptors (Lipinski definition) is 6. The van der Waals surface area contributed by atoms with Crippen molar-refractivity contribution < 1.29 is 22.7 Å². The van der Waals surface area contributed by atoms with Crippen molar-refractivity contribution in [2.75, 3.05) is 22.9 Å². The highest BCUT2D eigenvalue weighted by Gasteiger charge is 2.44. The van der Waals surface area contributed by atoms with E-state index in [4.69, 9.17) is 0 Å². The minimum Gasteiger partial charge on any atom is -0.406 e. The highest BCUT2D eigenvalue weighted by atomic mass is 19.4. The number of fused-ring (bicyclic) bond motifs is 2. The number of alkyl halides is 3. The number of aldehydes is 1. The molecule has 2 fully saturated rings. The Kier molecular flexibility index (Phi) is 3.93. The van der Waals surface area contributed by atoms with E-state index in [0.717, 1.165) is 25.2 Å². The third-order valence-corrected chi connectivity index (χ3v) is 4.69. The zero-order chi connectivity index (χ0) is 18.3. The summed E-state index contributed by atoms with van der Waals surface area (Å²) >= 11 is 0. The molecule has 3 heterocycles. The topological polar surface area (TPSA) is 58.6 Å². The van der Waals surface area contributed by atoms with E-state index in [0.29, 0.717) is 17.8 Å². The molecule has 0 aliphatic carbocycles. The molecule has 26 heavy (non-hydrogen) atoms. The number of aromatic nitrogens is 2. The molecule has 4 rings (SSSR count). The highest BCUT2D eigenvalue weighted by Crippen LogP contribution is 2.37. The molecular weight excluding hydrogens is 349 g/mol. The van der Waals surface area contributed by atoms with Gasteiger partial charge in [-0.1, -0.05) is 0 Å². The Morgan fingerprint density at radius 1 is 1.04 bits per heavy atom. The van der Waals surface area contributed by atoms with E-state index in [2.05, 4.69) is 24.5 Å². The summed E-state index contributed by atoms with van der Waals surface area (Å²) in [5.74, 6) is 0.368. The molecule has 2 atom stereocenters. The average molecular weight is 364 g/mol. The number of piperazine rings is 1. The lowest BCUT2D eigenvalue weighted by atomic mass is 10.2. The Balaban J connectivity index is 1.44. The molecule has 1 aromatic heterocycles. The van der Waals surface area contributed by atoms with Gasteiger partial charge in [-0.2, -0.15) is 0 Å². The zero-order valence-corrected chi connectivity index (χ0v) is 13.6. The van der Waals surface area contributed by atoms with Gasteiger partial charge >= 0.3 is 6.36 Å². The van der Waals surface area contributed by atoms with Crippen LogP contribution in [0.1, 0.15) is 16.8 Å². The van der Waals surface area contributed by atoms with Gasteiger partial charge in [-0.05, 0) is 30.7 Å².